The van der Waals surface area contributed by atoms with Crippen LogP contribution in [0.15, 0.2) is 18.2 Å². The molecule has 0 radical (unpaired) electrons. The van der Waals surface area contributed by atoms with Gasteiger partial charge in [0.1, 0.15) is 11.8 Å². The van der Waals surface area contributed by atoms with Crippen molar-refractivity contribution in [1.82, 2.24) is 0 Å². The Morgan fingerprint density at radius 3 is 2.54 bits per heavy atom. The van der Waals surface area contributed by atoms with E-state index in [9.17, 15) is 0 Å². The van der Waals surface area contributed by atoms with Crippen molar-refractivity contribution in [2.75, 3.05) is 0 Å². The molecule has 0 saturated heterocycles. The summed E-state index contributed by atoms with van der Waals surface area (Å²) in [5, 5.41) is 8.54. The van der Waals surface area contributed by atoms with Gasteiger partial charge in [-0.2, -0.15) is 5.26 Å². The third-order valence-electron chi connectivity index (χ3n) is 1.97. The molecule has 1 aromatic rings. The highest BCUT2D eigenvalue weighted by Gasteiger charge is 2.01. The van der Waals surface area contributed by atoms with E-state index in [4.69, 9.17) is 10.00 Å². The van der Waals surface area contributed by atoms with Gasteiger partial charge >= 0.3 is 0 Å². The van der Waals surface area contributed by atoms with Crippen molar-refractivity contribution in [1.29, 1.82) is 5.26 Å². The van der Waals surface area contributed by atoms with Crippen LogP contribution < -0.4 is 4.74 Å². The van der Waals surface area contributed by atoms with Gasteiger partial charge in [-0.1, -0.05) is 6.07 Å². The number of hydrogen-bond acceptors (Lipinski definition) is 2. The standard InChI is InChI=1S/C11H13NO/c1-8-4-5-11(6-9(8)2)13-10(3)7-12/h4-6,10H,1-3H3. The fraction of sp³-hybridized carbons (Fsp3) is 0.364. The molecule has 0 N–H and O–H groups in total. The van der Waals surface area contributed by atoms with E-state index in [1.165, 1.54) is 11.1 Å². The van der Waals surface area contributed by atoms with Crippen LogP contribution in [0.4, 0.5) is 0 Å². The molecule has 2 nitrogen and oxygen atoms in total. The van der Waals surface area contributed by atoms with Gasteiger partial charge in [0.15, 0.2) is 6.10 Å². The summed E-state index contributed by atoms with van der Waals surface area (Å²) in [6.45, 7) is 5.81. The van der Waals surface area contributed by atoms with Crippen LogP contribution in [0.2, 0.25) is 0 Å². The third-order valence-corrected chi connectivity index (χ3v) is 1.97. The van der Waals surface area contributed by atoms with Crippen LogP contribution in [0.3, 0.4) is 0 Å². The number of ether oxygens (including phenoxy) is 1. The lowest BCUT2D eigenvalue weighted by Gasteiger charge is -2.08. The first-order valence-corrected chi connectivity index (χ1v) is 4.27. The summed E-state index contributed by atoms with van der Waals surface area (Å²) in [5.74, 6) is 0.761. The Morgan fingerprint density at radius 2 is 2.00 bits per heavy atom. The fourth-order valence-corrected chi connectivity index (χ4v) is 1.02. The van der Waals surface area contributed by atoms with Crippen LogP contribution in [0.5, 0.6) is 5.75 Å². The average molecular weight is 175 g/mol. The van der Waals surface area contributed by atoms with Crippen LogP contribution in [0.1, 0.15) is 18.1 Å². The van der Waals surface area contributed by atoms with E-state index in [1.807, 2.05) is 38.1 Å². The van der Waals surface area contributed by atoms with Crippen molar-refractivity contribution in [3.63, 3.8) is 0 Å². The first kappa shape index (κ1) is 9.60. The molecule has 1 aromatic carbocycles. The van der Waals surface area contributed by atoms with E-state index in [1.54, 1.807) is 6.92 Å². The van der Waals surface area contributed by atoms with Gasteiger partial charge in [-0.05, 0) is 44.0 Å². The van der Waals surface area contributed by atoms with Crippen molar-refractivity contribution in [2.45, 2.75) is 26.9 Å². The number of hydrogen-bond donors (Lipinski definition) is 0. The third kappa shape index (κ3) is 2.48. The summed E-state index contributed by atoms with van der Waals surface area (Å²) < 4.78 is 5.34. The number of nitrogens with zero attached hydrogens (tertiary/aromatic N) is 1. The molecule has 0 heterocycles. The Bertz CT molecular complexity index is 338. The molecule has 0 aromatic heterocycles. The molecular formula is C11H13NO. The van der Waals surface area contributed by atoms with Gasteiger partial charge in [0.2, 0.25) is 0 Å². The van der Waals surface area contributed by atoms with E-state index >= 15 is 0 Å². The molecule has 0 aliphatic heterocycles. The van der Waals surface area contributed by atoms with E-state index in [0.29, 0.717) is 0 Å². The van der Waals surface area contributed by atoms with Crippen LogP contribution in [-0.2, 0) is 0 Å². The lowest BCUT2D eigenvalue weighted by Crippen LogP contribution is -2.08. The topological polar surface area (TPSA) is 33.0 Å². The molecule has 0 aliphatic rings. The molecule has 13 heavy (non-hydrogen) atoms. The minimum Gasteiger partial charge on any atom is -0.476 e. The average Bonchev–Trinajstić information content (AvgIpc) is 2.11. The van der Waals surface area contributed by atoms with Gasteiger partial charge in [-0.25, -0.2) is 0 Å². The number of rotatable bonds is 2. The van der Waals surface area contributed by atoms with Gasteiger partial charge in [-0.3, -0.25) is 0 Å². The number of nitriles is 1. The monoisotopic (exact) mass is 175 g/mol. The molecule has 1 rings (SSSR count). The summed E-state index contributed by atoms with van der Waals surface area (Å²) in [4.78, 5) is 0. The lowest BCUT2D eigenvalue weighted by atomic mass is 10.1. The van der Waals surface area contributed by atoms with Crippen molar-refractivity contribution in [3.05, 3.63) is 29.3 Å². The van der Waals surface area contributed by atoms with Crippen LogP contribution in [-0.4, -0.2) is 6.10 Å². The highest BCUT2D eigenvalue weighted by atomic mass is 16.5. The maximum atomic E-state index is 8.54. The van der Waals surface area contributed by atoms with Gasteiger partial charge in [-0.15, -0.1) is 0 Å². The summed E-state index contributed by atoms with van der Waals surface area (Å²) in [7, 11) is 0. The van der Waals surface area contributed by atoms with Crippen molar-refractivity contribution in [2.24, 2.45) is 0 Å². The Hall–Kier alpha value is -1.49. The van der Waals surface area contributed by atoms with Crippen LogP contribution >= 0.6 is 0 Å². The number of aryl methyl sites for hydroxylation is 2. The Balaban J connectivity index is 2.81. The SMILES string of the molecule is Cc1ccc(OC(C)C#N)cc1C. The molecule has 0 amide bonds. The Morgan fingerprint density at radius 1 is 1.31 bits per heavy atom. The normalized spacial score (nSPS) is 11.8. The molecule has 68 valence electrons. The van der Waals surface area contributed by atoms with Crippen molar-refractivity contribution in [3.8, 4) is 11.8 Å². The molecular weight excluding hydrogens is 162 g/mol. The van der Waals surface area contributed by atoms with E-state index in [2.05, 4.69) is 0 Å². The minimum absolute atomic E-state index is 0.387. The second-order valence-corrected chi connectivity index (χ2v) is 3.14. The van der Waals surface area contributed by atoms with E-state index in [-0.39, 0.29) is 6.10 Å². The van der Waals surface area contributed by atoms with E-state index in [0.717, 1.165) is 5.75 Å². The first-order chi connectivity index (χ1) is 6.13. The quantitative estimate of drug-likeness (QED) is 0.692. The fourth-order valence-electron chi connectivity index (χ4n) is 1.02. The first-order valence-electron chi connectivity index (χ1n) is 4.27. The molecule has 1 atom stereocenters. The molecule has 0 bridgehead atoms. The van der Waals surface area contributed by atoms with E-state index < -0.39 is 0 Å². The highest BCUT2D eigenvalue weighted by Crippen LogP contribution is 2.17. The Kier molecular flexibility index (Phi) is 2.92. The molecule has 0 spiro atoms. The molecule has 0 aliphatic carbocycles. The Labute approximate surface area is 78.8 Å². The summed E-state index contributed by atoms with van der Waals surface area (Å²) >= 11 is 0. The molecule has 0 saturated carbocycles. The maximum absolute atomic E-state index is 8.54. The zero-order valence-electron chi connectivity index (χ0n) is 8.16. The smallest absolute Gasteiger partial charge is 0.181 e. The van der Waals surface area contributed by atoms with Gasteiger partial charge in [0, 0.05) is 0 Å². The second-order valence-electron chi connectivity index (χ2n) is 3.14. The second kappa shape index (κ2) is 3.95. The molecule has 1 unspecified atom stereocenters. The summed E-state index contributed by atoms with van der Waals surface area (Å²) in [6, 6.07) is 7.85. The summed E-state index contributed by atoms with van der Waals surface area (Å²) in [6.07, 6.45) is -0.387. The van der Waals surface area contributed by atoms with Gasteiger partial charge in [0.25, 0.3) is 0 Å². The molecule has 0 fully saturated rings. The minimum atomic E-state index is -0.387. The largest absolute Gasteiger partial charge is 0.476 e. The predicted octanol–water partition coefficient (Wildman–Crippen LogP) is 2.59. The zero-order valence-corrected chi connectivity index (χ0v) is 8.16. The van der Waals surface area contributed by atoms with Gasteiger partial charge < -0.3 is 4.74 Å². The predicted molar refractivity (Wildman–Crippen MR) is 51.6 cm³/mol. The van der Waals surface area contributed by atoms with Crippen molar-refractivity contribution >= 4 is 0 Å². The number of benzene rings is 1. The lowest BCUT2D eigenvalue weighted by molar-refractivity contribution is 0.276. The van der Waals surface area contributed by atoms with Crippen LogP contribution in [0, 0.1) is 25.2 Å². The maximum Gasteiger partial charge on any atom is 0.181 e. The van der Waals surface area contributed by atoms with Crippen LogP contribution in [0.25, 0.3) is 0 Å². The highest BCUT2D eigenvalue weighted by molar-refractivity contribution is 5.34. The van der Waals surface area contributed by atoms with Crippen molar-refractivity contribution < 1.29 is 4.74 Å². The van der Waals surface area contributed by atoms with Gasteiger partial charge in [0.05, 0.1) is 0 Å². The molecule has 2 heteroatoms. The zero-order chi connectivity index (χ0) is 9.84. The summed E-state index contributed by atoms with van der Waals surface area (Å²) in [5.41, 5.74) is 2.42.